The predicted molar refractivity (Wildman–Crippen MR) is 89.8 cm³/mol. The highest BCUT2D eigenvalue weighted by atomic mass is 16.5. The number of nitrogens with zero attached hydrogens (tertiary/aromatic N) is 1. The van der Waals surface area contributed by atoms with Crippen LogP contribution in [0.3, 0.4) is 0 Å². The Morgan fingerprint density at radius 3 is 2.22 bits per heavy atom. The number of hydrogen-bond acceptors (Lipinski definition) is 3. The van der Waals surface area contributed by atoms with Crippen molar-refractivity contribution >= 4 is 0 Å². The highest BCUT2D eigenvalue weighted by molar-refractivity contribution is 5.54. The summed E-state index contributed by atoms with van der Waals surface area (Å²) in [6.07, 6.45) is 2.74. The summed E-state index contributed by atoms with van der Waals surface area (Å²) >= 11 is 0. The van der Waals surface area contributed by atoms with Crippen LogP contribution in [0.25, 0.3) is 0 Å². The summed E-state index contributed by atoms with van der Waals surface area (Å²) in [7, 11) is 1.70. The molecule has 23 heavy (non-hydrogen) atoms. The molecule has 0 aromatic heterocycles. The Labute approximate surface area is 137 Å². The van der Waals surface area contributed by atoms with Gasteiger partial charge in [-0.1, -0.05) is 39.0 Å². The molecule has 1 aliphatic rings. The molecule has 0 bridgehead atoms. The van der Waals surface area contributed by atoms with Crippen LogP contribution in [0, 0.1) is 11.5 Å². The molecule has 2 aromatic rings. The molecule has 0 spiro atoms. The second kappa shape index (κ2) is 5.31. The lowest BCUT2D eigenvalue weighted by Crippen LogP contribution is -2.23. The fraction of sp³-hybridized carbons (Fsp3) is 0.350. The van der Waals surface area contributed by atoms with E-state index in [-0.39, 0.29) is 10.8 Å². The van der Waals surface area contributed by atoms with Gasteiger partial charge in [0.2, 0.25) is 0 Å². The zero-order valence-corrected chi connectivity index (χ0v) is 14.0. The van der Waals surface area contributed by atoms with Gasteiger partial charge in [-0.3, -0.25) is 0 Å². The van der Waals surface area contributed by atoms with E-state index in [2.05, 4.69) is 45.0 Å². The SMILES string of the molecule is COc1ccc2c(c1)C(C)(c1ccc(OC#N)cc1)CC2(C)C. The first-order chi connectivity index (χ1) is 10.9. The standard InChI is InChI=1S/C20H21NO2/c1-19(2)12-20(3,14-5-7-15(8-6-14)23-13-21)18-11-16(22-4)9-10-17(18)19/h5-11H,12H2,1-4H3. The topological polar surface area (TPSA) is 42.2 Å². The van der Waals surface area contributed by atoms with Crippen molar-refractivity contribution in [3.8, 4) is 17.8 Å². The smallest absolute Gasteiger partial charge is 0.292 e. The van der Waals surface area contributed by atoms with E-state index in [9.17, 15) is 0 Å². The number of hydrogen-bond donors (Lipinski definition) is 0. The van der Waals surface area contributed by atoms with Gasteiger partial charge in [-0.25, -0.2) is 0 Å². The Balaban J connectivity index is 2.11. The van der Waals surface area contributed by atoms with E-state index in [1.165, 1.54) is 16.7 Å². The lowest BCUT2D eigenvalue weighted by Gasteiger charge is -2.28. The Morgan fingerprint density at radius 2 is 1.61 bits per heavy atom. The van der Waals surface area contributed by atoms with Gasteiger partial charge in [-0.05, 0) is 52.8 Å². The van der Waals surface area contributed by atoms with E-state index in [4.69, 9.17) is 14.7 Å². The van der Waals surface area contributed by atoms with Crippen LogP contribution in [0.2, 0.25) is 0 Å². The van der Waals surface area contributed by atoms with Gasteiger partial charge in [0.1, 0.15) is 11.5 Å². The minimum atomic E-state index is -0.0848. The molecule has 0 N–H and O–H groups in total. The summed E-state index contributed by atoms with van der Waals surface area (Å²) in [5.41, 5.74) is 3.94. The molecule has 3 nitrogen and oxygen atoms in total. The normalized spacial score (nSPS) is 21.3. The van der Waals surface area contributed by atoms with Crippen LogP contribution in [0.15, 0.2) is 42.5 Å². The molecule has 3 rings (SSSR count). The molecule has 0 amide bonds. The summed E-state index contributed by atoms with van der Waals surface area (Å²) in [6, 6.07) is 14.2. The average molecular weight is 307 g/mol. The van der Waals surface area contributed by atoms with Crippen molar-refractivity contribution < 1.29 is 9.47 Å². The van der Waals surface area contributed by atoms with Crippen molar-refractivity contribution in [1.29, 1.82) is 5.26 Å². The van der Waals surface area contributed by atoms with Gasteiger partial charge in [0.05, 0.1) is 7.11 Å². The average Bonchev–Trinajstić information content (AvgIpc) is 2.75. The number of nitriles is 1. The Hall–Kier alpha value is -2.47. The van der Waals surface area contributed by atoms with Crippen molar-refractivity contribution in [2.45, 2.75) is 38.0 Å². The van der Waals surface area contributed by atoms with E-state index in [0.717, 1.165) is 12.2 Å². The van der Waals surface area contributed by atoms with E-state index in [1.54, 1.807) is 13.4 Å². The molecule has 2 aromatic carbocycles. The first-order valence-corrected chi connectivity index (χ1v) is 7.76. The fourth-order valence-electron chi connectivity index (χ4n) is 3.97. The van der Waals surface area contributed by atoms with Crippen LogP contribution in [0.1, 0.15) is 43.9 Å². The Kier molecular flexibility index (Phi) is 3.56. The predicted octanol–water partition coefficient (Wildman–Crippen LogP) is 4.54. The van der Waals surface area contributed by atoms with Crippen molar-refractivity contribution in [3.63, 3.8) is 0 Å². The highest BCUT2D eigenvalue weighted by Crippen LogP contribution is 2.53. The zero-order valence-electron chi connectivity index (χ0n) is 14.0. The molecular formula is C20H21NO2. The number of methoxy groups -OCH3 is 1. The molecule has 1 unspecified atom stereocenters. The van der Waals surface area contributed by atoms with Crippen LogP contribution in [-0.2, 0) is 10.8 Å². The quantitative estimate of drug-likeness (QED) is 0.782. The van der Waals surface area contributed by atoms with E-state index >= 15 is 0 Å². The number of benzene rings is 2. The monoisotopic (exact) mass is 307 g/mol. The van der Waals surface area contributed by atoms with Crippen molar-refractivity contribution in [2.24, 2.45) is 0 Å². The maximum Gasteiger partial charge on any atom is 0.292 e. The first kappa shape index (κ1) is 15.4. The van der Waals surface area contributed by atoms with Crippen LogP contribution in [-0.4, -0.2) is 7.11 Å². The zero-order chi connectivity index (χ0) is 16.7. The third-order valence-corrected chi connectivity index (χ3v) is 5.00. The summed E-state index contributed by atoms with van der Waals surface area (Å²) in [5.74, 6) is 1.46. The Morgan fingerprint density at radius 1 is 0.957 bits per heavy atom. The van der Waals surface area contributed by atoms with Gasteiger partial charge in [0.25, 0.3) is 6.26 Å². The van der Waals surface area contributed by atoms with Crippen molar-refractivity contribution in [2.75, 3.05) is 7.11 Å². The molecule has 0 radical (unpaired) electrons. The van der Waals surface area contributed by atoms with Gasteiger partial charge in [-0.15, -0.1) is 5.26 Å². The maximum atomic E-state index is 8.62. The molecule has 0 saturated carbocycles. The molecule has 0 aliphatic heterocycles. The second-order valence-corrected chi connectivity index (χ2v) is 7.02. The number of ether oxygens (including phenoxy) is 2. The van der Waals surface area contributed by atoms with Crippen LogP contribution < -0.4 is 9.47 Å². The lowest BCUT2D eigenvalue weighted by atomic mass is 9.75. The first-order valence-electron chi connectivity index (χ1n) is 7.76. The van der Waals surface area contributed by atoms with Gasteiger partial charge in [0.15, 0.2) is 0 Å². The fourth-order valence-corrected chi connectivity index (χ4v) is 3.97. The van der Waals surface area contributed by atoms with Gasteiger partial charge in [0, 0.05) is 5.41 Å². The molecule has 1 aliphatic carbocycles. The van der Waals surface area contributed by atoms with Gasteiger partial charge < -0.3 is 9.47 Å². The summed E-state index contributed by atoms with van der Waals surface area (Å²) in [4.78, 5) is 0. The van der Waals surface area contributed by atoms with Crippen LogP contribution in [0.4, 0.5) is 0 Å². The van der Waals surface area contributed by atoms with Crippen LogP contribution in [0.5, 0.6) is 11.5 Å². The minimum Gasteiger partial charge on any atom is -0.497 e. The maximum absolute atomic E-state index is 8.62. The number of rotatable bonds is 3. The number of fused-ring (bicyclic) bond motifs is 1. The Bertz CT molecular complexity index is 771. The molecule has 118 valence electrons. The molecular weight excluding hydrogens is 286 g/mol. The van der Waals surface area contributed by atoms with Gasteiger partial charge >= 0.3 is 0 Å². The minimum absolute atomic E-state index is 0.0848. The molecule has 1 atom stereocenters. The second-order valence-electron chi connectivity index (χ2n) is 7.02. The summed E-state index contributed by atoms with van der Waals surface area (Å²) in [6.45, 7) is 6.85. The molecule has 0 saturated heterocycles. The van der Waals surface area contributed by atoms with E-state index < -0.39 is 0 Å². The third kappa shape index (κ3) is 2.45. The third-order valence-electron chi connectivity index (χ3n) is 5.00. The molecule has 3 heteroatoms. The van der Waals surface area contributed by atoms with Crippen molar-refractivity contribution in [1.82, 2.24) is 0 Å². The van der Waals surface area contributed by atoms with E-state index in [1.807, 2.05) is 18.2 Å². The molecule has 0 fully saturated rings. The summed E-state index contributed by atoms with van der Waals surface area (Å²) in [5, 5.41) is 8.62. The molecule has 0 heterocycles. The lowest BCUT2D eigenvalue weighted by molar-refractivity contribution is 0.411. The van der Waals surface area contributed by atoms with Crippen molar-refractivity contribution in [3.05, 3.63) is 59.2 Å². The van der Waals surface area contributed by atoms with E-state index in [0.29, 0.717) is 5.75 Å². The van der Waals surface area contributed by atoms with Gasteiger partial charge in [-0.2, -0.15) is 0 Å². The largest absolute Gasteiger partial charge is 0.497 e. The van der Waals surface area contributed by atoms with Crippen LogP contribution >= 0.6 is 0 Å². The highest BCUT2D eigenvalue weighted by Gasteiger charge is 2.45. The summed E-state index contributed by atoms with van der Waals surface area (Å²) < 4.78 is 10.3.